The minimum Gasteiger partial charge on any atom is -0.341 e. The second kappa shape index (κ2) is 6.28. The van der Waals surface area contributed by atoms with Crippen molar-refractivity contribution in [3.63, 3.8) is 0 Å². The zero-order valence-electron chi connectivity index (χ0n) is 14.6. The van der Waals surface area contributed by atoms with Gasteiger partial charge < -0.3 is 9.47 Å². The molecule has 4 rings (SSSR count). The van der Waals surface area contributed by atoms with Crippen molar-refractivity contribution in [2.75, 3.05) is 13.1 Å². The second-order valence-electron chi connectivity index (χ2n) is 7.25. The molecule has 132 valence electrons. The molecule has 1 saturated carbocycles. The summed E-state index contributed by atoms with van der Waals surface area (Å²) in [5.41, 5.74) is 0.534. The molecular formula is C20H24FN3O. The fourth-order valence-corrected chi connectivity index (χ4v) is 4.14. The van der Waals surface area contributed by atoms with Crippen LogP contribution < -0.4 is 0 Å². The lowest BCUT2D eigenvalue weighted by atomic mass is 9.91. The lowest BCUT2D eigenvalue weighted by molar-refractivity contribution is -0.135. The quantitative estimate of drug-likeness (QED) is 0.854. The molecular weight excluding hydrogens is 317 g/mol. The van der Waals surface area contributed by atoms with Gasteiger partial charge in [-0.2, -0.15) is 0 Å². The number of piperidine rings is 1. The summed E-state index contributed by atoms with van der Waals surface area (Å²) in [6, 6.07) is 6.45. The third-order valence-electron chi connectivity index (χ3n) is 5.72. The van der Waals surface area contributed by atoms with E-state index >= 15 is 0 Å². The summed E-state index contributed by atoms with van der Waals surface area (Å²) < 4.78 is 15.4. The summed E-state index contributed by atoms with van der Waals surface area (Å²) >= 11 is 0. The number of amides is 1. The van der Waals surface area contributed by atoms with Crippen LogP contribution in [-0.2, 0) is 16.8 Å². The van der Waals surface area contributed by atoms with E-state index in [1.54, 1.807) is 12.1 Å². The average molecular weight is 341 g/mol. The Morgan fingerprint density at radius 2 is 2.08 bits per heavy atom. The molecule has 1 amide bonds. The van der Waals surface area contributed by atoms with Crippen molar-refractivity contribution in [2.24, 2.45) is 0 Å². The molecule has 1 aromatic heterocycles. The molecule has 1 aromatic carbocycles. The smallest absolute Gasteiger partial charge is 0.233 e. The van der Waals surface area contributed by atoms with E-state index in [4.69, 9.17) is 0 Å². The molecule has 2 heterocycles. The van der Waals surface area contributed by atoms with Crippen LogP contribution in [0.4, 0.5) is 4.39 Å². The molecule has 0 radical (unpaired) electrons. The standard InChI is InChI=1S/C20H24FN3O/c1-2-23-13-11-22-18(23)15-4-3-12-24(14-15)19(25)20(9-10-20)16-5-7-17(21)8-6-16/h5-8,11,13,15H,2-4,9-10,12,14H2,1H3/t15-/m1/s1. The molecule has 25 heavy (non-hydrogen) atoms. The number of halogens is 1. The molecule has 0 unspecified atom stereocenters. The SMILES string of the molecule is CCn1ccnc1[C@@H]1CCCN(C(=O)C2(c3ccc(F)cc3)CC2)C1. The van der Waals surface area contributed by atoms with E-state index < -0.39 is 5.41 Å². The largest absolute Gasteiger partial charge is 0.341 e. The van der Waals surface area contributed by atoms with Crippen LogP contribution in [0.1, 0.15) is 49.9 Å². The number of carbonyl (C=O) groups excluding carboxylic acids is 1. The maximum absolute atomic E-state index is 13.2. The van der Waals surface area contributed by atoms with Gasteiger partial charge in [-0.05, 0) is 50.3 Å². The van der Waals surface area contributed by atoms with Crippen LogP contribution in [0.15, 0.2) is 36.7 Å². The van der Waals surface area contributed by atoms with Gasteiger partial charge in [0.2, 0.25) is 5.91 Å². The first-order valence-electron chi connectivity index (χ1n) is 9.20. The highest BCUT2D eigenvalue weighted by Gasteiger charge is 2.53. The van der Waals surface area contributed by atoms with Crippen LogP contribution >= 0.6 is 0 Å². The zero-order valence-corrected chi connectivity index (χ0v) is 14.6. The molecule has 2 fully saturated rings. The first-order valence-corrected chi connectivity index (χ1v) is 9.20. The molecule has 4 nitrogen and oxygen atoms in total. The van der Waals surface area contributed by atoms with E-state index in [0.717, 1.165) is 56.7 Å². The van der Waals surface area contributed by atoms with Crippen molar-refractivity contribution in [3.8, 4) is 0 Å². The van der Waals surface area contributed by atoms with Gasteiger partial charge in [0.05, 0.1) is 5.41 Å². The van der Waals surface area contributed by atoms with Gasteiger partial charge in [0.1, 0.15) is 11.6 Å². The fourth-order valence-electron chi connectivity index (χ4n) is 4.14. The minimum absolute atomic E-state index is 0.207. The molecule has 1 atom stereocenters. The summed E-state index contributed by atoms with van der Waals surface area (Å²) in [4.78, 5) is 19.8. The van der Waals surface area contributed by atoms with Gasteiger partial charge in [-0.15, -0.1) is 0 Å². The number of rotatable bonds is 4. The van der Waals surface area contributed by atoms with Crippen molar-refractivity contribution >= 4 is 5.91 Å². The summed E-state index contributed by atoms with van der Waals surface area (Å²) in [6.45, 7) is 4.56. The lowest BCUT2D eigenvalue weighted by Crippen LogP contribution is -2.45. The number of likely N-dealkylation sites (tertiary alicyclic amines) is 1. The lowest BCUT2D eigenvalue weighted by Gasteiger charge is -2.35. The Morgan fingerprint density at radius 1 is 1.32 bits per heavy atom. The highest BCUT2D eigenvalue weighted by Crippen LogP contribution is 2.50. The molecule has 0 bridgehead atoms. The zero-order chi connectivity index (χ0) is 17.4. The summed E-state index contributed by atoms with van der Waals surface area (Å²) in [7, 11) is 0. The Bertz CT molecular complexity index is 764. The monoisotopic (exact) mass is 341 g/mol. The molecule has 2 aliphatic rings. The maximum Gasteiger partial charge on any atom is 0.233 e. The van der Waals surface area contributed by atoms with Gasteiger partial charge in [-0.3, -0.25) is 4.79 Å². The van der Waals surface area contributed by atoms with Gasteiger partial charge >= 0.3 is 0 Å². The molecule has 1 saturated heterocycles. The Hall–Kier alpha value is -2.17. The fraction of sp³-hybridized carbons (Fsp3) is 0.500. The molecule has 0 N–H and O–H groups in total. The van der Waals surface area contributed by atoms with E-state index in [0.29, 0.717) is 5.92 Å². The van der Waals surface area contributed by atoms with E-state index in [-0.39, 0.29) is 11.7 Å². The van der Waals surface area contributed by atoms with Crippen LogP contribution in [0.2, 0.25) is 0 Å². The predicted octanol–water partition coefficient (Wildman–Crippen LogP) is 3.48. The van der Waals surface area contributed by atoms with Crippen molar-refractivity contribution < 1.29 is 9.18 Å². The van der Waals surface area contributed by atoms with Gasteiger partial charge in [-0.25, -0.2) is 9.37 Å². The van der Waals surface area contributed by atoms with Crippen LogP contribution in [0.3, 0.4) is 0 Å². The Kier molecular flexibility index (Phi) is 4.10. The van der Waals surface area contributed by atoms with E-state index in [1.165, 1.54) is 12.1 Å². The van der Waals surface area contributed by atoms with Crippen molar-refractivity contribution in [1.82, 2.24) is 14.5 Å². The highest BCUT2D eigenvalue weighted by atomic mass is 19.1. The predicted molar refractivity (Wildman–Crippen MR) is 93.8 cm³/mol. The number of aromatic nitrogens is 2. The van der Waals surface area contributed by atoms with Crippen LogP contribution in [-0.4, -0.2) is 33.4 Å². The van der Waals surface area contributed by atoms with Crippen LogP contribution in [0.5, 0.6) is 0 Å². The number of aryl methyl sites for hydroxylation is 1. The third kappa shape index (κ3) is 2.86. The topological polar surface area (TPSA) is 38.1 Å². The Labute approximate surface area is 147 Å². The van der Waals surface area contributed by atoms with Gasteiger partial charge in [0, 0.05) is 37.9 Å². The molecule has 0 spiro atoms. The first-order chi connectivity index (χ1) is 12.1. The number of imidazole rings is 1. The second-order valence-corrected chi connectivity index (χ2v) is 7.25. The molecule has 1 aliphatic carbocycles. The molecule has 1 aliphatic heterocycles. The highest BCUT2D eigenvalue weighted by molar-refractivity contribution is 5.91. The van der Waals surface area contributed by atoms with Crippen LogP contribution in [0, 0.1) is 5.82 Å². The number of hydrogen-bond donors (Lipinski definition) is 0. The van der Waals surface area contributed by atoms with Gasteiger partial charge in [0.25, 0.3) is 0 Å². The number of benzene rings is 1. The molecule has 5 heteroatoms. The number of nitrogens with zero attached hydrogens (tertiary/aromatic N) is 3. The van der Waals surface area contributed by atoms with E-state index in [1.807, 2.05) is 17.3 Å². The van der Waals surface area contributed by atoms with Gasteiger partial charge in [0.15, 0.2) is 0 Å². The van der Waals surface area contributed by atoms with Crippen molar-refractivity contribution in [1.29, 1.82) is 0 Å². The van der Waals surface area contributed by atoms with E-state index in [2.05, 4.69) is 16.5 Å². The summed E-state index contributed by atoms with van der Waals surface area (Å²) in [6.07, 6.45) is 7.67. The first kappa shape index (κ1) is 16.3. The van der Waals surface area contributed by atoms with E-state index in [9.17, 15) is 9.18 Å². The number of carbonyl (C=O) groups is 1. The summed E-state index contributed by atoms with van der Waals surface area (Å²) in [5, 5.41) is 0. The molecule has 2 aromatic rings. The van der Waals surface area contributed by atoms with Crippen LogP contribution in [0.25, 0.3) is 0 Å². The Balaban J connectivity index is 1.53. The third-order valence-corrected chi connectivity index (χ3v) is 5.72. The van der Waals surface area contributed by atoms with Gasteiger partial charge in [-0.1, -0.05) is 12.1 Å². The minimum atomic E-state index is -0.421. The number of hydrogen-bond acceptors (Lipinski definition) is 2. The normalized spacial score (nSPS) is 22.0. The maximum atomic E-state index is 13.2. The van der Waals surface area contributed by atoms with Crippen molar-refractivity contribution in [3.05, 3.63) is 53.9 Å². The van der Waals surface area contributed by atoms with Crippen molar-refractivity contribution in [2.45, 2.75) is 50.5 Å². The average Bonchev–Trinajstić information content (AvgIpc) is 3.31. The Morgan fingerprint density at radius 3 is 2.76 bits per heavy atom. The summed E-state index contributed by atoms with van der Waals surface area (Å²) in [5.74, 6) is 1.35.